The summed E-state index contributed by atoms with van der Waals surface area (Å²) in [7, 11) is 13.5. The average molecular weight is 1750 g/mol. The number of fused-ring (bicyclic) bond motifs is 3. The lowest BCUT2D eigenvalue weighted by Gasteiger charge is -2.22. The third kappa shape index (κ3) is 27.3. The monoisotopic (exact) mass is 1750 g/mol. The van der Waals surface area contributed by atoms with Crippen LogP contribution >= 0.6 is 22.9 Å². The first-order valence-electron chi connectivity index (χ1n) is 40.5. The Hall–Kier alpha value is -12.3. The zero-order chi connectivity index (χ0) is 88.9. The number of aromatic nitrogens is 11. The number of halogens is 1. The van der Waals surface area contributed by atoms with E-state index in [4.69, 9.17) is 45.0 Å². The Bertz CT molecular complexity index is 5220. The molecule has 0 radical (unpaired) electrons. The van der Waals surface area contributed by atoms with E-state index < -0.39 is 47.4 Å². The number of hydrogen-bond acceptors (Lipinski definition) is 24. The van der Waals surface area contributed by atoms with Crippen LogP contribution in [0.15, 0.2) is 103 Å². The van der Waals surface area contributed by atoms with Crippen LogP contribution in [0.5, 0.6) is 5.75 Å². The van der Waals surface area contributed by atoms with Crippen molar-refractivity contribution in [1.29, 1.82) is 0 Å². The van der Waals surface area contributed by atoms with Gasteiger partial charge in [-0.1, -0.05) is 23.7 Å². The minimum Gasteiger partial charge on any atom is -0.491 e. The minimum absolute atomic E-state index is 0.00251. The number of hydrogen-bond donors (Lipinski definition) is 8. The summed E-state index contributed by atoms with van der Waals surface area (Å²) in [6.45, 7) is 12.7. The summed E-state index contributed by atoms with van der Waals surface area (Å²) in [6.07, 6.45) is 10.7. The second-order valence-electron chi connectivity index (χ2n) is 29.4. The summed E-state index contributed by atoms with van der Waals surface area (Å²) < 4.78 is 43.4. The summed E-state index contributed by atoms with van der Waals surface area (Å²) in [4.78, 5) is 155. The normalized spacial score (nSPS) is 12.2. The van der Waals surface area contributed by atoms with E-state index >= 15 is 0 Å². The number of rotatable bonds is 49. The Labute approximate surface area is 726 Å². The molecule has 10 amide bonds. The molecule has 0 saturated heterocycles. The Morgan fingerprint density at radius 2 is 0.984 bits per heavy atom. The molecular formula is C83H108ClN23O16S. The molecule has 9 aromatic rings. The standard InChI is InChI=1S/C83H108ClN23O16S/c1-53-54(2)124-83-72(53)73(56-14-16-57(84)17-15-56)92-62(74-98-97-55(3)107(74)83)48-69(110)89-58-18-20-61(21-19-58)123-45-44-122-43-42-121-41-40-120-39-38-119-37-36-118-35-25-71(112)101(6)33-13-31-99(4)30-12-32-100(5)70(111)24-28-88-80(115)76-95-65(51-105(76)10)93-67(108)22-26-87-79(114)64-47-60(50-104(64)9)91-82(117)77-96-66(52-106(77)11)94-68(109)23-27-86-78(113)63-46-59(49-103(63)8)90-81(116)75-85-29-34-102(75)7/h14-21,29,34,46-47,49-52,62H,12-13,22-28,30-33,35-45,48H2,1-11H3,(H,86,113)(H,87,114)(H,88,115)(H,89,110)(H,90,116)(H,91,117)(H,93,108)(H,94,109). The van der Waals surface area contributed by atoms with Gasteiger partial charge in [0.15, 0.2) is 23.3 Å². The summed E-state index contributed by atoms with van der Waals surface area (Å²) in [6, 6.07) is 17.1. The second kappa shape index (κ2) is 46.3. The van der Waals surface area contributed by atoms with Crippen LogP contribution in [0.1, 0.15) is 137 Å². The van der Waals surface area contributed by atoms with Crippen LogP contribution < -0.4 is 47.3 Å². The molecule has 41 heteroatoms. The van der Waals surface area contributed by atoms with E-state index in [2.05, 4.69) is 86.4 Å². The van der Waals surface area contributed by atoms with Gasteiger partial charge in [-0.3, -0.25) is 57.5 Å². The molecule has 124 heavy (non-hydrogen) atoms. The number of carbonyl (C=O) groups is 10. The molecule has 0 aliphatic carbocycles. The van der Waals surface area contributed by atoms with Crippen molar-refractivity contribution in [3.63, 3.8) is 0 Å². The first kappa shape index (κ1) is 93.9. The lowest BCUT2D eigenvalue weighted by molar-refractivity contribution is -0.131. The van der Waals surface area contributed by atoms with Crippen molar-refractivity contribution in [3.8, 4) is 10.8 Å². The molecule has 0 bridgehead atoms. The molecule has 7 aromatic heterocycles. The predicted octanol–water partition coefficient (Wildman–Crippen LogP) is 6.03. The molecule has 1 unspecified atom stereocenters. The van der Waals surface area contributed by atoms with Gasteiger partial charge in [-0.15, -0.1) is 21.5 Å². The zero-order valence-corrected chi connectivity index (χ0v) is 73.1. The van der Waals surface area contributed by atoms with E-state index in [9.17, 15) is 47.9 Å². The van der Waals surface area contributed by atoms with Gasteiger partial charge < -0.3 is 108 Å². The number of anilines is 5. The number of amides is 10. The average Bonchev–Trinajstić information content (AvgIpc) is 1.59. The third-order valence-corrected chi connectivity index (χ3v) is 21.3. The second-order valence-corrected chi connectivity index (χ2v) is 31.1. The molecule has 664 valence electrons. The number of thiophene rings is 1. The van der Waals surface area contributed by atoms with Gasteiger partial charge in [-0.05, 0) is 108 Å². The van der Waals surface area contributed by atoms with Crippen molar-refractivity contribution < 1.29 is 76.4 Å². The van der Waals surface area contributed by atoms with Crippen LogP contribution in [0.3, 0.4) is 0 Å². The lowest BCUT2D eigenvalue weighted by atomic mass is 9.99. The summed E-state index contributed by atoms with van der Waals surface area (Å²) in [5.41, 5.74) is 5.46. The van der Waals surface area contributed by atoms with Crippen LogP contribution in [-0.2, 0) is 82.9 Å². The lowest BCUT2D eigenvalue weighted by Crippen LogP contribution is -2.35. The SMILES string of the molecule is Cc1sc2c(c1C)C(c1ccc(Cl)cc1)=NC(CC(=O)Nc1ccc(OCCOCCOCCOCCOCCOCCC(=O)N(C)CCCN(C)CCCN(C)C(=O)CCNC(=O)c3nc(NC(=O)CCNC(=O)c4cc(NC(=O)c5nc(NC(=O)CCNC(=O)c6cc(NC(=O)c7nccn7C)cn6C)cn5C)cn4C)cn3C)cc1)c1nnc(C)n1-2. The van der Waals surface area contributed by atoms with E-state index in [1.54, 1.807) is 112 Å². The number of nitrogens with one attached hydrogen (secondary N) is 8. The maximum absolute atomic E-state index is 13.6. The number of imidazole rings is 3. The van der Waals surface area contributed by atoms with Crippen molar-refractivity contribution in [1.82, 2.24) is 83.2 Å². The van der Waals surface area contributed by atoms with Gasteiger partial charge >= 0.3 is 0 Å². The number of ether oxygens (including phenoxy) is 6. The molecule has 39 nitrogen and oxygen atoms in total. The highest BCUT2D eigenvalue weighted by Crippen LogP contribution is 2.40. The van der Waals surface area contributed by atoms with Gasteiger partial charge in [0, 0.05) is 165 Å². The smallest absolute Gasteiger partial charge is 0.291 e. The molecule has 8 heterocycles. The molecule has 0 fully saturated rings. The molecule has 2 aromatic carbocycles. The predicted molar refractivity (Wildman–Crippen MR) is 464 cm³/mol. The number of carbonyl (C=O) groups excluding carboxylic acids is 10. The first-order chi connectivity index (χ1) is 59.6. The van der Waals surface area contributed by atoms with Crippen LogP contribution in [0, 0.1) is 20.8 Å². The first-order valence-corrected chi connectivity index (χ1v) is 41.6. The molecule has 0 saturated carbocycles. The van der Waals surface area contributed by atoms with Gasteiger partial charge in [-0.2, -0.15) is 0 Å². The van der Waals surface area contributed by atoms with Crippen LogP contribution in [-0.4, -0.2) is 272 Å². The Kier molecular flexibility index (Phi) is 35.0. The fourth-order valence-electron chi connectivity index (χ4n) is 13.1. The van der Waals surface area contributed by atoms with Crippen LogP contribution in [0.25, 0.3) is 5.00 Å². The van der Waals surface area contributed by atoms with E-state index in [0.29, 0.717) is 114 Å². The fraction of sp³-hybridized carbons (Fsp3) is 0.446. The topological polar surface area (TPSA) is 438 Å². The van der Waals surface area contributed by atoms with E-state index in [1.165, 1.54) is 55.2 Å². The molecule has 10 rings (SSSR count). The maximum atomic E-state index is 13.6. The van der Waals surface area contributed by atoms with Crippen molar-refractivity contribution >= 4 is 116 Å². The summed E-state index contributed by atoms with van der Waals surface area (Å²) in [5, 5.41) is 32.2. The van der Waals surface area contributed by atoms with Gasteiger partial charge in [0.1, 0.15) is 40.6 Å². The number of aliphatic imine (C=N–C) groups is 1. The third-order valence-electron chi connectivity index (χ3n) is 19.8. The maximum Gasteiger partial charge on any atom is 0.291 e. The zero-order valence-electron chi connectivity index (χ0n) is 71.5. The molecule has 0 spiro atoms. The van der Waals surface area contributed by atoms with Crippen molar-refractivity contribution in [2.24, 2.45) is 40.2 Å². The van der Waals surface area contributed by atoms with Gasteiger partial charge in [-0.25, -0.2) is 15.0 Å². The molecule has 1 atom stereocenters. The minimum atomic E-state index is -0.640. The Balaban J connectivity index is 0.487. The van der Waals surface area contributed by atoms with Crippen molar-refractivity contribution in [2.75, 3.05) is 166 Å². The highest BCUT2D eigenvalue weighted by Gasteiger charge is 2.33. The molecule has 1 aliphatic heterocycles. The van der Waals surface area contributed by atoms with Crippen molar-refractivity contribution in [2.45, 2.75) is 71.8 Å². The molecule has 8 N–H and O–H groups in total. The highest BCUT2D eigenvalue weighted by molar-refractivity contribution is 7.15. The molecular weight excluding hydrogens is 1640 g/mol. The quantitative estimate of drug-likeness (QED) is 0.0202. The van der Waals surface area contributed by atoms with Gasteiger partial charge in [0.05, 0.1) is 96.0 Å². The van der Waals surface area contributed by atoms with E-state index in [1.807, 2.05) is 42.8 Å². The van der Waals surface area contributed by atoms with Crippen LogP contribution in [0.2, 0.25) is 5.02 Å². The number of aryl methyl sites for hydroxylation is 7. The Morgan fingerprint density at radius 3 is 1.52 bits per heavy atom. The van der Waals surface area contributed by atoms with E-state index in [0.717, 1.165) is 57.6 Å². The summed E-state index contributed by atoms with van der Waals surface area (Å²) >= 11 is 7.92. The number of benzene rings is 2. The molecule has 1 aliphatic rings. The summed E-state index contributed by atoms with van der Waals surface area (Å²) in [5.74, 6) is -1.73. The van der Waals surface area contributed by atoms with E-state index in [-0.39, 0.29) is 122 Å². The highest BCUT2D eigenvalue weighted by atomic mass is 35.5. The van der Waals surface area contributed by atoms with Gasteiger partial charge in [0.2, 0.25) is 41.2 Å². The van der Waals surface area contributed by atoms with Gasteiger partial charge in [0.25, 0.3) is 29.5 Å². The largest absolute Gasteiger partial charge is 0.491 e. The van der Waals surface area contributed by atoms with Crippen LogP contribution in [0.4, 0.5) is 28.7 Å². The van der Waals surface area contributed by atoms with Crippen molar-refractivity contribution in [3.05, 3.63) is 165 Å². The fourth-order valence-corrected chi connectivity index (χ4v) is 14.4. The number of nitrogens with zero attached hydrogens (tertiary/aromatic N) is 15. The Morgan fingerprint density at radius 1 is 0.492 bits per heavy atom.